The number of hydrogen-bond donors (Lipinski definition) is 2. The van der Waals surface area contributed by atoms with E-state index in [1.165, 1.54) is 18.3 Å². The Balaban J connectivity index is 2.22. The van der Waals surface area contributed by atoms with Gasteiger partial charge in [-0.3, -0.25) is 9.55 Å². The van der Waals surface area contributed by atoms with E-state index in [1.54, 1.807) is 18.5 Å². The highest BCUT2D eigenvalue weighted by atomic mass is 16.6. The zero-order chi connectivity index (χ0) is 15.6. The summed E-state index contributed by atoms with van der Waals surface area (Å²) in [5.74, 6) is -0.582. The fourth-order valence-corrected chi connectivity index (χ4v) is 1.80. The highest BCUT2D eigenvalue weighted by Gasteiger charge is 2.23. The summed E-state index contributed by atoms with van der Waals surface area (Å²) >= 11 is 0. The smallest absolute Gasteiger partial charge is 0.406 e. The summed E-state index contributed by atoms with van der Waals surface area (Å²) < 4.78 is 1.55. The van der Waals surface area contributed by atoms with Crippen molar-refractivity contribution < 1.29 is 14.8 Å². The quantitative estimate of drug-likeness (QED) is 0.629. The van der Waals surface area contributed by atoms with Gasteiger partial charge in [0.2, 0.25) is 11.6 Å². The van der Waals surface area contributed by atoms with Gasteiger partial charge in [0.25, 0.3) is 0 Å². The molecule has 0 aliphatic carbocycles. The number of pyridine rings is 1. The van der Waals surface area contributed by atoms with E-state index in [9.17, 15) is 14.9 Å². The van der Waals surface area contributed by atoms with E-state index < -0.39 is 10.9 Å². The zero-order valence-corrected chi connectivity index (χ0v) is 11.4. The summed E-state index contributed by atoms with van der Waals surface area (Å²) in [6.45, 7) is 1.81. The number of nitrogens with zero attached hydrogens (tertiary/aromatic N) is 4. The maximum Gasteiger partial charge on any atom is 0.406 e. The predicted molar refractivity (Wildman–Crippen MR) is 73.1 cm³/mol. The van der Waals surface area contributed by atoms with Crippen LogP contribution in [0.5, 0.6) is 0 Å². The first-order chi connectivity index (χ1) is 9.90. The van der Waals surface area contributed by atoms with Gasteiger partial charge < -0.3 is 20.5 Å². The monoisotopic (exact) mass is 291 g/mol. The van der Waals surface area contributed by atoms with E-state index in [0.29, 0.717) is 11.5 Å². The third kappa shape index (κ3) is 2.96. The molecule has 0 bridgehead atoms. The molecule has 21 heavy (non-hydrogen) atoms. The van der Waals surface area contributed by atoms with E-state index in [0.717, 1.165) is 0 Å². The fraction of sp³-hybridized carbons (Fsp3) is 0.250. The number of aromatic nitrogens is 3. The Morgan fingerprint density at radius 3 is 2.90 bits per heavy atom. The summed E-state index contributed by atoms with van der Waals surface area (Å²) in [7, 11) is 1.65. The molecule has 2 aromatic rings. The Morgan fingerprint density at radius 2 is 2.29 bits per heavy atom. The molecule has 2 rings (SSSR count). The minimum Gasteiger partial charge on any atom is -0.478 e. The number of nitrogens with one attached hydrogen (secondary N) is 1. The second-order valence-electron chi connectivity index (χ2n) is 4.34. The van der Waals surface area contributed by atoms with Crippen LogP contribution >= 0.6 is 0 Å². The summed E-state index contributed by atoms with van der Waals surface area (Å²) in [6, 6.07) is 2.78. The van der Waals surface area contributed by atoms with Crippen molar-refractivity contribution in [2.75, 3.05) is 5.32 Å². The molecule has 0 aliphatic rings. The van der Waals surface area contributed by atoms with Crippen molar-refractivity contribution in [1.29, 1.82) is 0 Å². The van der Waals surface area contributed by atoms with Crippen molar-refractivity contribution in [3.05, 3.63) is 45.5 Å². The average molecular weight is 291 g/mol. The molecule has 9 heteroatoms. The molecule has 2 aromatic heterocycles. The molecule has 0 aromatic carbocycles. The third-order valence-electron chi connectivity index (χ3n) is 2.97. The first-order valence-electron chi connectivity index (χ1n) is 6.00. The van der Waals surface area contributed by atoms with E-state index in [2.05, 4.69) is 15.3 Å². The van der Waals surface area contributed by atoms with Gasteiger partial charge in [0.05, 0.1) is 17.8 Å². The number of anilines is 1. The number of aromatic carboxylic acids is 1. The highest BCUT2D eigenvalue weighted by Crippen LogP contribution is 2.24. The summed E-state index contributed by atoms with van der Waals surface area (Å²) in [4.78, 5) is 29.1. The largest absolute Gasteiger partial charge is 0.478 e. The first kappa shape index (κ1) is 14.4. The maximum absolute atomic E-state index is 10.9. The Kier molecular flexibility index (Phi) is 3.83. The van der Waals surface area contributed by atoms with Crippen LogP contribution in [0.2, 0.25) is 0 Å². The number of aryl methyl sites for hydroxylation is 1. The summed E-state index contributed by atoms with van der Waals surface area (Å²) in [6.07, 6.45) is 1.38. The lowest BCUT2D eigenvalue weighted by molar-refractivity contribution is -0.388. The summed E-state index contributed by atoms with van der Waals surface area (Å²) in [5.41, 5.74) is 0.570. The van der Waals surface area contributed by atoms with Crippen molar-refractivity contribution in [3.63, 3.8) is 0 Å². The van der Waals surface area contributed by atoms with Crippen LogP contribution in [0.4, 0.5) is 11.6 Å². The molecule has 9 nitrogen and oxygen atoms in total. The van der Waals surface area contributed by atoms with E-state index in [-0.39, 0.29) is 23.7 Å². The lowest BCUT2D eigenvalue weighted by atomic mass is 10.2. The van der Waals surface area contributed by atoms with Gasteiger partial charge in [-0.2, -0.15) is 0 Å². The van der Waals surface area contributed by atoms with Crippen LogP contribution in [0.15, 0.2) is 18.3 Å². The molecule has 0 atom stereocenters. The average Bonchev–Trinajstić information content (AvgIpc) is 2.73. The van der Waals surface area contributed by atoms with Crippen LogP contribution in [0, 0.1) is 17.0 Å². The van der Waals surface area contributed by atoms with Crippen LogP contribution in [0.25, 0.3) is 0 Å². The SMILES string of the molecule is Cc1nc([N+](=O)[O-])c(NCc2cc(C(=O)O)ccn2)n1C. The summed E-state index contributed by atoms with van der Waals surface area (Å²) in [5, 5.41) is 22.7. The highest BCUT2D eigenvalue weighted by molar-refractivity contribution is 5.87. The first-order valence-corrected chi connectivity index (χ1v) is 6.00. The van der Waals surface area contributed by atoms with Crippen LogP contribution in [0.3, 0.4) is 0 Å². The standard InChI is InChI=1S/C12H13N5O4/c1-7-15-11(17(20)21)10(16(7)2)14-6-9-5-8(12(18)19)3-4-13-9/h3-5,14H,6H2,1-2H3,(H,18,19). The molecule has 0 saturated heterocycles. The number of imidazole rings is 1. The number of carboxylic acid groups (broad SMARTS) is 1. The van der Waals surface area contributed by atoms with Crippen molar-refractivity contribution >= 4 is 17.6 Å². The molecule has 0 spiro atoms. The van der Waals surface area contributed by atoms with E-state index in [1.807, 2.05) is 0 Å². The van der Waals surface area contributed by atoms with Gasteiger partial charge in [-0.25, -0.2) is 4.79 Å². The van der Waals surface area contributed by atoms with Gasteiger partial charge in [-0.05, 0) is 22.0 Å². The molecular formula is C12H13N5O4. The van der Waals surface area contributed by atoms with E-state index >= 15 is 0 Å². The van der Waals surface area contributed by atoms with Crippen LogP contribution in [-0.2, 0) is 13.6 Å². The second-order valence-corrected chi connectivity index (χ2v) is 4.34. The van der Waals surface area contributed by atoms with Gasteiger partial charge in [-0.15, -0.1) is 0 Å². The predicted octanol–water partition coefficient (Wildman–Crippen LogP) is 1.34. The molecule has 2 heterocycles. The van der Waals surface area contributed by atoms with Crippen molar-refractivity contribution in [3.8, 4) is 0 Å². The van der Waals surface area contributed by atoms with Gasteiger partial charge in [0.1, 0.15) is 0 Å². The number of nitro groups is 1. The maximum atomic E-state index is 10.9. The topological polar surface area (TPSA) is 123 Å². The minimum absolute atomic E-state index is 0.109. The Hall–Kier alpha value is -2.97. The molecule has 0 fully saturated rings. The van der Waals surface area contributed by atoms with Crippen molar-refractivity contribution in [1.82, 2.24) is 14.5 Å². The lowest BCUT2D eigenvalue weighted by Gasteiger charge is -2.06. The molecule has 0 amide bonds. The van der Waals surface area contributed by atoms with Gasteiger partial charge >= 0.3 is 11.8 Å². The van der Waals surface area contributed by atoms with Gasteiger partial charge in [0.15, 0.2) is 0 Å². The molecule has 0 radical (unpaired) electrons. The van der Waals surface area contributed by atoms with Crippen LogP contribution in [0.1, 0.15) is 21.9 Å². The lowest BCUT2D eigenvalue weighted by Crippen LogP contribution is -2.08. The van der Waals surface area contributed by atoms with Gasteiger partial charge in [-0.1, -0.05) is 0 Å². The molecule has 2 N–H and O–H groups in total. The molecule has 110 valence electrons. The number of hydrogen-bond acceptors (Lipinski definition) is 6. The molecule has 0 aliphatic heterocycles. The molecule has 0 unspecified atom stereocenters. The Morgan fingerprint density at radius 1 is 1.57 bits per heavy atom. The second kappa shape index (κ2) is 5.57. The van der Waals surface area contributed by atoms with Crippen molar-refractivity contribution in [2.24, 2.45) is 7.05 Å². The number of carboxylic acids is 1. The normalized spacial score (nSPS) is 10.4. The minimum atomic E-state index is -1.05. The zero-order valence-electron chi connectivity index (χ0n) is 11.4. The molecular weight excluding hydrogens is 278 g/mol. The van der Waals surface area contributed by atoms with Crippen molar-refractivity contribution in [2.45, 2.75) is 13.5 Å². The van der Waals surface area contributed by atoms with Crippen LogP contribution in [-0.4, -0.2) is 30.5 Å². The Bertz CT molecular complexity index is 710. The molecule has 0 saturated carbocycles. The third-order valence-corrected chi connectivity index (χ3v) is 2.97. The number of rotatable bonds is 5. The van der Waals surface area contributed by atoms with Gasteiger partial charge in [0, 0.05) is 20.2 Å². The Labute approximate surface area is 119 Å². The number of carbonyl (C=O) groups is 1. The fourth-order valence-electron chi connectivity index (χ4n) is 1.80. The van der Waals surface area contributed by atoms with Crippen LogP contribution < -0.4 is 5.32 Å². The van der Waals surface area contributed by atoms with E-state index in [4.69, 9.17) is 5.11 Å².